The van der Waals surface area contributed by atoms with Crippen LogP contribution < -0.4 is 0 Å². The van der Waals surface area contributed by atoms with E-state index in [4.69, 9.17) is 5.11 Å². The van der Waals surface area contributed by atoms with Crippen molar-refractivity contribution in [2.45, 2.75) is 46.1 Å². The van der Waals surface area contributed by atoms with Gasteiger partial charge in [0.2, 0.25) is 0 Å². The lowest BCUT2D eigenvalue weighted by Gasteiger charge is -2.10. The average Bonchev–Trinajstić information content (AvgIpc) is 2.72. The third-order valence-electron chi connectivity index (χ3n) is 2.04. The summed E-state index contributed by atoms with van der Waals surface area (Å²) in [6.45, 7) is 6.01. The van der Waals surface area contributed by atoms with Crippen molar-refractivity contribution in [3.05, 3.63) is 18.7 Å². The molecule has 1 unspecified atom stereocenters. The maximum absolute atomic E-state index is 9.37. The summed E-state index contributed by atoms with van der Waals surface area (Å²) in [4.78, 5) is 13.4. The topological polar surface area (TPSA) is 55.1 Å². The Morgan fingerprint density at radius 1 is 1.53 bits per heavy atom. The fourth-order valence-corrected chi connectivity index (χ4v) is 1.10. The van der Waals surface area contributed by atoms with Crippen molar-refractivity contribution < 1.29 is 9.90 Å². The molecule has 86 valence electrons. The normalized spacial score (nSPS) is 11.4. The highest BCUT2D eigenvalue weighted by Crippen LogP contribution is 2.10. The Kier molecular flexibility index (Phi) is 7.32. The standard InChI is InChI=1S/C8H14N2.C3H6O2/c1-3-4-8(2)10-6-5-9-7-10;1-2-3(4)5/h5-8H,3-4H2,1-2H3;2H2,1H3,(H,4,5). The fraction of sp³-hybridized carbons (Fsp3) is 0.636. The Balaban J connectivity index is 0.000000336. The number of carboxylic acid groups (broad SMARTS) is 1. The van der Waals surface area contributed by atoms with Gasteiger partial charge in [0.15, 0.2) is 0 Å². The summed E-state index contributed by atoms with van der Waals surface area (Å²) in [6, 6.07) is 0.604. The molecule has 0 amide bonds. The van der Waals surface area contributed by atoms with Gasteiger partial charge in [-0.2, -0.15) is 0 Å². The third-order valence-corrected chi connectivity index (χ3v) is 2.04. The van der Waals surface area contributed by atoms with E-state index in [0.717, 1.165) is 0 Å². The van der Waals surface area contributed by atoms with Gasteiger partial charge in [-0.25, -0.2) is 4.98 Å². The molecule has 15 heavy (non-hydrogen) atoms. The maximum atomic E-state index is 9.37. The SMILES string of the molecule is CCC(=O)O.CCCC(C)n1ccnc1. The number of hydrogen-bond donors (Lipinski definition) is 1. The summed E-state index contributed by atoms with van der Waals surface area (Å²) in [5.41, 5.74) is 0. The lowest BCUT2D eigenvalue weighted by Crippen LogP contribution is -2.00. The summed E-state index contributed by atoms with van der Waals surface area (Å²) in [5.74, 6) is -0.745. The predicted molar refractivity (Wildman–Crippen MR) is 59.8 cm³/mol. The van der Waals surface area contributed by atoms with E-state index >= 15 is 0 Å². The Morgan fingerprint density at radius 3 is 2.47 bits per heavy atom. The van der Waals surface area contributed by atoms with Gasteiger partial charge < -0.3 is 9.67 Å². The van der Waals surface area contributed by atoms with E-state index < -0.39 is 5.97 Å². The molecule has 4 nitrogen and oxygen atoms in total. The second-order valence-electron chi connectivity index (χ2n) is 3.39. The van der Waals surface area contributed by atoms with E-state index in [9.17, 15) is 4.79 Å². The summed E-state index contributed by atoms with van der Waals surface area (Å²) in [7, 11) is 0. The zero-order valence-corrected chi connectivity index (χ0v) is 9.68. The molecule has 0 aliphatic heterocycles. The van der Waals surface area contributed by atoms with Crippen LogP contribution in [0.3, 0.4) is 0 Å². The average molecular weight is 212 g/mol. The number of imidazole rings is 1. The highest BCUT2D eigenvalue weighted by atomic mass is 16.4. The second kappa shape index (κ2) is 8.03. The van der Waals surface area contributed by atoms with Gasteiger partial charge in [0, 0.05) is 24.9 Å². The van der Waals surface area contributed by atoms with Gasteiger partial charge in [-0.05, 0) is 13.3 Å². The van der Waals surface area contributed by atoms with E-state index in [0.29, 0.717) is 6.04 Å². The van der Waals surface area contributed by atoms with Gasteiger partial charge in [-0.1, -0.05) is 20.3 Å². The van der Waals surface area contributed by atoms with Crippen molar-refractivity contribution in [1.29, 1.82) is 0 Å². The van der Waals surface area contributed by atoms with Crippen molar-refractivity contribution in [1.82, 2.24) is 9.55 Å². The van der Waals surface area contributed by atoms with Gasteiger partial charge >= 0.3 is 5.97 Å². The Labute approximate surface area is 91.0 Å². The van der Waals surface area contributed by atoms with Crippen LogP contribution in [0.1, 0.15) is 46.1 Å². The Hall–Kier alpha value is -1.32. The molecular formula is C11H20N2O2. The largest absolute Gasteiger partial charge is 0.481 e. The van der Waals surface area contributed by atoms with Gasteiger partial charge in [-0.15, -0.1) is 0 Å². The molecule has 0 bridgehead atoms. The monoisotopic (exact) mass is 212 g/mol. The van der Waals surface area contributed by atoms with Crippen LogP contribution in [0.15, 0.2) is 18.7 Å². The number of rotatable bonds is 4. The Morgan fingerprint density at radius 2 is 2.13 bits per heavy atom. The van der Waals surface area contributed by atoms with Crippen LogP contribution in [0, 0.1) is 0 Å². The van der Waals surface area contributed by atoms with Crippen LogP contribution in [0.25, 0.3) is 0 Å². The van der Waals surface area contributed by atoms with Crippen molar-refractivity contribution >= 4 is 5.97 Å². The number of aromatic nitrogens is 2. The first-order valence-electron chi connectivity index (χ1n) is 5.31. The smallest absolute Gasteiger partial charge is 0.303 e. The molecule has 0 radical (unpaired) electrons. The zero-order chi connectivity index (χ0) is 11.7. The van der Waals surface area contributed by atoms with Crippen LogP contribution in [0.2, 0.25) is 0 Å². The molecule has 0 aliphatic carbocycles. The quantitative estimate of drug-likeness (QED) is 0.834. The minimum absolute atomic E-state index is 0.222. The Bertz CT molecular complexity index is 258. The van der Waals surface area contributed by atoms with Crippen molar-refractivity contribution in [2.24, 2.45) is 0 Å². The third kappa shape index (κ3) is 6.71. The summed E-state index contributed by atoms with van der Waals surface area (Å²) in [6.07, 6.45) is 8.41. The minimum Gasteiger partial charge on any atom is -0.481 e. The van der Waals surface area contributed by atoms with E-state index in [1.54, 1.807) is 6.92 Å². The first-order valence-corrected chi connectivity index (χ1v) is 5.31. The first kappa shape index (κ1) is 13.7. The molecule has 0 aromatic carbocycles. The highest BCUT2D eigenvalue weighted by Gasteiger charge is 1.99. The lowest BCUT2D eigenvalue weighted by molar-refractivity contribution is -0.136. The molecule has 0 aliphatic rings. The number of nitrogens with zero attached hydrogens (tertiary/aromatic N) is 2. The molecule has 1 N–H and O–H groups in total. The van der Waals surface area contributed by atoms with Crippen molar-refractivity contribution in [2.75, 3.05) is 0 Å². The molecule has 1 aromatic heterocycles. The molecule has 1 heterocycles. The second-order valence-corrected chi connectivity index (χ2v) is 3.39. The highest BCUT2D eigenvalue weighted by molar-refractivity contribution is 5.66. The molecule has 4 heteroatoms. The number of hydrogen-bond acceptors (Lipinski definition) is 2. The first-order chi connectivity index (χ1) is 7.11. The van der Waals surface area contributed by atoms with Crippen LogP contribution >= 0.6 is 0 Å². The predicted octanol–water partition coefficient (Wildman–Crippen LogP) is 2.73. The minimum atomic E-state index is -0.745. The van der Waals surface area contributed by atoms with Crippen LogP contribution in [0.4, 0.5) is 0 Å². The van der Waals surface area contributed by atoms with Gasteiger partial charge in [0.25, 0.3) is 0 Å². The van der Waals surface area contributed by atoms with Gasteiger partial charge in [0.1, 0.15) is 0 Å². The summed E-state index contributed by atoms with van der Waals surface area (Å²) in [5, 5.41) is 7.72. The van der Waals surface area contributed by atoms with Crippen LogP contribution in [-0.4, -0.2) is 20.6 Å². The lowest BCUT2D eigenvalue weighted by atomic mass is 10.2. The van der Waals surface area contributed by atoms with E-state index in [1.807, 2.05) is 18.7 Å². The zero-order valence-electron chi connectivity index (χ0n) is 9.68. The molecule has 1 atom stereocenters. The molecular weight excluding hydrogens is 192 g/mol. The molecule has 1 rings (SSSR count). The van der Waals surface area contributed by atoms with Gasteiger partial charge in [-0.3, -0.25) is 4.79 Å². The number of carboxylic acids is 1. The molecule has 0 saturated heterocycles. The molecule has 0 spiro atoms. The fourth-order valence-electron chi connectivity index (χ4n) is 1.10. The van der Waals surface area contributed by atoms with Crippen molar-refractivity contribution in [3.8, 4) is 0 Å². The van der Waals surface area contributed by atoms with Crippen molar-refractivity contribution in [3.63, 3.8) is 0 Å². The molecule has 0 saturated carbocycles. The molecule has 1 aromatic rings. The van der Waals surface area contributed by atoms with Crippen LogP contribution in [-0.2, 0) is 4.79 Å². The number of aliphatic carboxylic acids is 1. The van der Waals surface area contributed by atoms with E-state index in [2.05, 4.69) is 23.4 Å². The summed E-state index contributed by atoms with van der Waals surface area (Å²) >= 11 is 0. The van der Waals surface area contributed by atoms with E-state index in [1.165, 1.54) is 12.8 Å². The maximum Gasteiger partial charge on any atom is 0.303 e. The van der Waals surface area contributed by atoms with Gasteiger partial charge in [0.05, 0.1) is 6.33 Å². The van der Waals surface area contributed by atoms with Crippen LogP contribution in [0.5, 0.6) is 0 Å². The molecule has 0 fully saturated rings. The van der Waals surface area contributed by atoms with E-state index in [-0.39, 0.29) is 6.42 Å². The summed E-state index contributed by atoms with van der Waals surface area (Å²) < 4.78 is 2.14. The number of carbonyl (C=O) groups is 1.